The number of hydrogen-bond acceptors (Lipinski definition) is 9. The fourth-order valence-corrected chi connectivity index (χ4v) is 4.40. The van der Waals surface area contributed by atoms with Crippen molar-refractivity contribution in [1.29, 1.82) is 0 Å². The number of rotatable bonds is 11. The van der Waals surface area contributed by atoms with Crippen molar-refractivity contribution in [2.75, 3.05) is 64.0 Å². The average Bonchev–Trinajstić information content (AvgIpc) is 3.29. The van der Waals surface area contributed by atoms with Gasteiger partial charge in [0, 0.05) is 38.5 Å². The smallest absolute Gasteiger partial charge is 0.421 e. The molecule has 0 saturated carbocycles. The SMILES string of the molecule is C=CC(=O)Nc1cc(Nc2ncc(C(F)(F)F)c(-n3c(C)nc4cc(OC)ccc43)n2)c(OC)cc1N(C)CCN(C)C. The van der Waals surface area contributed by atoms with Gasteiger partial charge in [-0.3, -0.25) is 9.36 Å². The Morgan fingerprint density at radius 2 is 1.81 bits per heavy atom. The molecule has 2 N–H and O–H groups in total. The fourth-order valence-electron chi connectivity index (χ4n) is 4.40. The summed E-state index contributed by atoms with van der Waals surface area (Å²) < 4.78 is 54.7. The topological polar surface area (TPSA) is 110 Å². The summed E-state index contributed by atoms with van der Waals surface area (Å²) in [4.78, 5) is 28.9. The van der Waals surface area contributed by atoms with Gasteiger partial charge < -0.3 is 29.9 Å². The van der Waals surface area contributed by atoms with Crippen LogP contribution in [0.15, 0.2) is 49.2 Å². The van der Waals surface area contributed by atoms with Crippen LogP contribution in [0.1, 0.15) is 11.4 Å². The highest BCUT2D eigenvalue weighted by molar-refractivity contribution is 6.02. The van der Waals surface area contributed by atoms with Gasteiger partial charge in [-0.2, -0.15) is 18.2 Å². The minimum atomic E-state index is -4.75. The number of methoxy groups -OCH3 is 2. The van der Waals surface area contributed by atoms with Crippen LogP contribution in [0.3, 0.4) is 0 Å². The first-order chi connectivity index (χ1) is 20.4. The van der Waals surface area contributed by atoms with Crippen LogP contribution in [-0.2, 0) is 11.0 Å². The molecule has 0 spiro atoms. The number of amides is 1. The summed E-state index contributed by atoms with van der Waals surface area (Å²) in [6.07, 6.45) is -2.89. The second kappa shape index (κ2) is 12.6. The van der Waals surface area contributed by atoms with Crippen molar-refractivity contribution in [3.05, 3.63) is 60.6 Å². The molecule has 4 aromatic rings. The summed E-state index contributed by atoms with van der Waals surface area (Å²) >= 11 is 0. The Balaban J connectivity index is 1.83. The van der Waals surface area contributed by atoms with Gasteiger partial charge in [0.05, 0.1) is 42.3 Å². The molecule has 14 heteroatoms. The van der Waals surface area contributed by atoms with Gasteiger partial charge in [-0.1, -0.05) is 6.58 Å². The van der Waals surface area contributed by atoms with Crippen LogP contribution >= 0.6 is 0 Å². The number of ether oxygens (including phenoxy) is 2. The van der Waals surface area contributed by atoms with Crippen molar-refractivity contribution < 1.29 is 27.4 Å². The number of halogens is 3. The van der Waals surface area contributed by atoms with Gasteiger partial charge in [-0.25, -0.2) is 9.97 Å². The summed E-state index contributed by atoms with van der Waals surface area (Å²) in [7, 11) is 8.72. The number of aryl methyl sites for hydroxylation is 1. The molecule has 228 valence electrons. The molecule has 0 saturated heterocycles. The molecular formula is C29H33F3N8O3. The highest BCUT2D eigenvalue weighted by Gasteiger charge is 2.37. The predicted molar refractivity (Wildman–Crippen MR) is 160 cm³/mol. The number of alkyl halides is 3. The summed E-state index contributed by atoms with van der Waals surface area (Å²) in [5.74, 6) is 0.173. The molecule has 2 aromatic carbocycles. The van der Waals surface area contributed by atoms with Crippen molar-refractivity contribution in [3.63, 3.8) is 0 Å². The van der Waals surface area contributed by atoms with Crippen LogP contribution in [0.4, 0.5) is 36.2 Å². The predicted octanol–water partition coefficient (Wildman–Crippen LogP) is 5.03. The molecule has 2 aromatic heterocycles. The molecule has 0 bridgehead atoms. The molecule has 0 radical (unpaired) electrons. The molecule has 11 nitrogen and oxygen atoms in total. The minimum absolute atomic E-state index is 0.134. The number of hydrogen-bond donors (Lipinski definition) is 2. The highest BCUT2D eigenvalue weighted by atomic mass is 19.4. The lowest BCUT2D eigenvalue weighted by molar-refractivity contribution is -0.138. The summed E-state index contributed by atoms with van der Waals surface area (Å²) in [5.41, 5.74) is 1.20. The number of likely N-dealkylation sites (N-methyl/N-ethyl adjacent to an activating group) is 2. The molecule has 0 aliphatic rings. The molecular weight excluding hydrogens is 565 g/mol. The molecule has 0 aliphatic carbocycles. The van der Waals surface area contributed by atoms with Gasteiger partial charge in [0.1, 0.15) is 22.9 Å². The van der Waals surface area contributed by atoms with Crippen molar-refractivity contribution in [1.82, 2.24) is 24.4 Å². The second-order valence-corrected chi connectivity index (χ2v) is 9.89. The van der Waals surface area contributed by atoms with Crippen LogP contribution in [0.5, 0.6) is 11.5 Å². The zero-order valence-corrected chi connectivity index (χ0v) is 24.7. The van der Waals surface area contributed by atoms with E-state index in [4.69, 9.17) is 9.47 Å². The normalized spacial score (nSPS) is 11.5. The number of nitrogens with zero attached hydrogens (tertiary/aromatic N) is 6. The van der Waals surface area contributed by atoms with E-state index in [1.54, 1.807) is 37.3 Å². The molecule has 0 fully saturated rings. The van der Waals surface area contributed by atoms with E-state index in [9.17, 15) is 18.0 Å². The van der Waals surface area contributed by atoms with Crippen molar-refractivity contribution >= 4 is 40.0 Å². The van der Waals surface area contributed by atoms with E-state index in [-0.39, 0.29) is 11.8 Å². The van der Waals surface area contributed by atoms with Gasteiger partial charge in [0.25, 0.3) is 0 Å². The van der Waals surface area contributed by atoms with E-state index in [0.717, 1.165) is 18.8 Å². The largest absolute Gasteiger partial charge is 0.497 e. The first kappa shape index (κ1) is 31.1. The molecule has 0 aliphatic heterocycles. The number of aromatic nitrogens is 4. The minimum Gasteiger partial charge on any atom is -0.497 e. The third-order valence-electron chi connectivity index (χ3n) is 6.62. The number of imidazole rings is 1. The molecule has 0 unspecified atom stereocenters. The van der Waals surface area contributed by atoms with Gasteiger partial charge in [-0.05, 0) is 45.3 Å². The van der Waals surface area contributed by atoms with E-state index in [1.807, 2.05) is 30.9 Å². The van der Waals surface area contributed by atoms with E-state index < -0.39 is 23.5 Å². The Morgan fingerprint density at radius 1 is 1.07 bits per heavy atom. The third-order valence-corrected chi connectivity index (χ3v) is 6.62. The lowest BCUT2D eigenvalue weighted by Crippen LogP contribution is -2.29. The zero-order valence-electron chi connectivity index (χ0n) is 24.7. The molecule has 1 amide bonds. The Kier molecular flexibility index (Phi) is 9.09. The Morgan fingerprint density at radius 3 is 2.44 bits per heavy atom. The van der Waals surface area contributed by atoms with E-state index in [0.29, 0.717) is 46.1 Å². The van der Waals surface area contributed by atoms with Crippen LogP contribution in [0, 0.1) is 6.92 Å². The Bertz CT molecular complexity index is 1650. The second-order valence-electron chi connectivity index (χ2n) is 9.89. The van der Waals surface area contributed by atoms with Gasteiger partial charge in [0.15, 0.2) is 5.82 Å². The number of anilines is 4. The van der Waals surface area contributed by atoms with Crippen LogP contribution in [-0.4, -0.2) is 78.8 Å². The van der Waals surface area contributed by atoms with E-state index in [2.05, 4.69) is 32.2 Å². The molecule has 2 heterocycles. The van der Waals surface area contributed by atoms with Crippen LogP contribution < -0.4 is 25.0 Å². The summed E-state index contributed by atoms with van der Waals surface area (Å²) in [6.45, 7) is 6.48. The standard InChI is InChI=1S/C29H33F3N8O3/c1-8-26(41)35-21-14-22(25(43-7)15-24(21)39(5)12-11-38(3)4)36-28-33-16-19(29(30,31)32)27(37-28)40-17(2)34-20-13-18(42-6)9-10-23(20)40/h8-10,13-16H,1,11-12H2,2-7H3,(H,35,41)(H,33,36,37). The summed E-state index contributed by atoms with van der Waals surface area (Å²) in [5, 5.41) is 5.75. The quantitative estimate of drug-likeness (QED) is 0.230. The lowest BCUT2D eigenvalue weighted by Gasteiger charge is -2.26. The number of fused-ring (bicyclic) bond motifs is 1. The summed E-state index contributed by atoms with van der Waals surface area (Å²) in [6, 6.07) is 8.20. The highest BCUT2D eigenvalue weighted by Crippen LogP contribution is 2.39. The lowest BCUT2D eigenvalue weighted by atomic mass is 10.2. The Hall–Kier alpha value is -4.85. The number of nitrogens with one attached hydrogen (secondary N) is 2. The zero-order chi connectivity index (χ0) is 31.5. The third kappa shape index (κ3) is 6.80. The van der Waals surface area contributed by atoms with Crippen molar-refractivity contribution in [2.45, 2.75) is 13.1 Å². The number of benzene rings is 2. The monoisotopic (exact) mass is 598 g/mol. The molecule has 43 heavy (non-hydrogen) atoms. The van der Waals surface area contributed by atoms with E-state index in [1.165, 1.54) is 18.8 Å². The van der Waals surface area contributed by atoms with Crippen LogP contribution in [0.25, 0.3) is 16.9 Å². The molecule has 4 rings (SSSR count). The van der Waals surface area contributed by atoms with Gasteiger partial charge >= 0.3 is 6.18 Å². The Labute approximate surface area is 246 Å². The van der Waals surface area contributed by atoms with Gasteiger partial charge in [0.2, 0.25) is 11.9 Å². The number of carbonyl (C=O) groups excluding carboxylic acids is 1. The maximum Gasteiger partial charge on any atom is 0.421 e. The first-order valence-corrected chi connectivity index (χ1v) is 13.1. The van der Waals surface area contributed by atoms with Crippen molar-refractivity contribution in [2.24, 2.45) is 0 Å². The van der Waals surface area contributed by atoms with Crippen molar-refractivity contribution in [3.8, 4) is 17.3 Å². The van der Waals surface area contributed by atoms with Crippen LogP contribution in [0.2, 0.25) is 0 Å². The van der Waals surface area contributed by atoms with Gasteiger partial charge in [-0.15, -0.1) is 0 Å². The first-order valence-electron chi connectivity index (χ1n) is 13.1. The average molecular weight is 599 g/mol. The van der Waals surface area contributed by atoms with E-state index >= 15 is 0 Å². The maximum atomic E-state index is 14.2. The fraction of sp³-hybridized carbons (Fsp3) is 0.310. The maximum absolute atomic E-state index is 14.2. The molecule has 0 atom stereocenters. The number of carbonyl (C=O) groups is 1.